The molecule has 0 bridgehead atoms. The highest BCUT2D eigenvalue weighted by molar-refractivity contribution is 7.49. The van der Waals surface area contributed by atoms with Crippen LogP contribution in [-0.4, -0.2) is 60.5 Å². The summed E-state index contributed by atoms with van der Waals surface area (Å²) in [6, 6.07) is 0. The normalized spacial score (nSPS) is 2.77. The topological polar surface area (TPSA) is 0 Å². The number of hydrogen-bond acceptors (Lipinski definition) is 0. The van der Waals surface area contributed by atoms with Crippen LogP contribution < -0.4 is 0 Å². The molecule has 0 spiro atoms. The predicted octanol–water partition coefficient (Wildman–Crippen LogP) is 31.3. The Hall–Kier alpha value is -0.801. The van der Waals surface area contributed by atoms with Crippen molar-refractivity contribution in [3.05, 3.63) is 0 Å². The van der Waals surface area contributed by atoms with Crippen LogP contribution in [0.1, 0.15) is 448 Å². The lowest BCUT2D eigenvalue weighted by Gasteiger charge is -1.73. The van der Waals surface area contributed by atoms with Crippen LogP contribution in [0.3, 0.4) is 0 Å². The van der Waals surface area contributed by atoms with Gasteiger partial charge in [-0.3, -0.25) is 0 Å². The molecule has 0 aromatic heterocycles. The van der Waals surface area contributed by atoms with E-state index in [0.29, 0.717) is 0 Å². The van der Waals surface area contributed by atoms with Gasteiger partial charge in [0.1, 0.15) is 0 Å². The zero-order valence-corrected chi connectivity index (χ0v) is 61.8. The van der Waals surface area contributed by atoms with Crippen LogP contribution in [0.2, 0.25) is 0 Å². The summed E-state index contributed by atoms with van der Waals surface area (Å²) in [5, 5.41) is 0. The third-order valence-electron chi connectivity index (χ3n) is 0.197. The largest absolute Gasteiger partial charge is 0.120 e. The van der Waals surface area contributed by atoms with E-state index in [1.165, 1.54) is 0 Å². The van der Waals surface area contributed by atoms with Crippen LogP contribution >= 0.6 is 0 Å². The summed E-state index contributed by atoms with van der Waals surface area (Å²) in [7, 11) is 24.0. The van der Waals surface area contributed by atoms with Crippen LogP contribution in [0.25, 0.3) is 0 Å². The van der Waals surface area contributed by atoms with Crippen molar-refractivity contribution in [3.63, 3.8) is 0 Å². The molecular weight excluding hydrogens is 927 g/mol. The molecule has 0 atom stereocenters. The van der Waals surface area contributed by atoms with Crippen LogP contribution in [0.15, 0.2) is 0 Å². The molecule has 0 rings (SSSR count). The molecule has 0 fully saturated rings. The van der Waals surface area contributed by atoms with Gasteiger partial charge in [-0.25, -0.2) is 0 Å². The first-order chi connectivity index (χ1) is 33.0. The Balaban J connectivity index is -0.00000000466. The lowest BCUT2D eigenvalue weighted by atomic mass is 9.08. The summed E-state index contributed by atoms with van der Waals surface area (Å²) in [5.74, 6) is 9.33. The van der Waals surface area contributed by atoms with Crippen molar-refractivity contribution < 1.29 is 0 Å². The molecule has 0 amide bonds. The van der Waals surface area contributed by atoms with Gasteiger partial charge in [-0.15, -0.1) is 18.8 Å². The van der Waals surface area contributed by atoms with Crippen molar-refractivity contribution in [1.82, 2.24) is 0 Å². The molecular formula is C70H204B8. The minimum absolute atomic E-state index is 0. The van der Waals surface area contributed by atoms with Crippen molar-refractivity contribution in [2.75, 3.05) is 0 Å². The van der Waals surface area contributed by atoms with Crippen molar-refractivity contribution in [2.24, 2.45) is 0 Å². The lowest BCUT2D eigenvalue weighted by Crippen LogP contribution is -2.11. The molecule has 0 heterocycles. The van der Waals surface area contributed by atoms with Gasteiger partial charge in [-0.05, 0) is 25.7 Å². The second kappa shape index (κ2) is 8310. The summed E-state index contributed by atoms with van der Waals surface area (Å²) in [5.41, 5.74) is 0. The molecule has 8 heteroatoms. The quantitative estimate of drug-likeness (QED) is 0.168. The lowest BCUT2D eigenvalue weighted by molar-refractivity contribution is 1.50. The molecule has 0 saturated carbocycles. The molecule has 0 aromatic rings. The second-order valence-corrected chi connectivity index (χ2v) is 1.58. The SMILES string of the molecule is C.C.C.C.C.C.C.C.C.C.C#CC.C#CC#CC.CC.CC.CC.CC.CC.CC.CC.CC.CC.CC.CC.CC.CC.CC.CC.CC.CC.CC.CC.CC.CC.CC.CC.CC.CC.CC.[B].[B]B([B])[B].[B][B][B]. The minimum atomic E-state index is -0.667. The maximum absolute atomic E-state index is 4.72. The fraction of sp³-hybridized carbons (Fsp3) is 0.914. The van der Waals surface area contributed by atoms with Crippen LogP contribution in [0.5, 0.6) is 0 Å². The fourth-order valence-electron chi connectivity index (χ4n) is 0.0722. The molecule has 0 unspecified atom stereocenters. The molecule has 0 N–H and O–H groups in total. The van der Waals surface area contributed by atoms with E-state index in [9.17, 15) is 0 Å². The summed E-state index contributed by atoms with van der Waals surface area (Å²) in [4.78, 5) is 0. The first-order valence-electron chi connectivity index (χ1n) is 29.7. The van der Waals surface area contributed by atoms with E-state index in [4.69, 9.17) is 6.42 Å². The highest BCUT2D eigenvalue weighted by Crippen LogP contribution is 1.41. The van der Waals surface area contributed by atoms with Gasteiger partial charge in [-0.2, -0.15) is 0 Å². The van der Waals surface area contributed by atoms with Crippen molar-refractivity contribution in [1.29, 1.82) is 0 Å². The predicted molar refractivity (Wildman–Crippen MR) is 445 cm³/mol. The highest BCUT2D eigenvalue weighted by Gasteiger charge is 1.73. The van der Waals surface area contributed by atoms with E-state index in [2.05, 4.69) is 68.8 Å². The van der Waals surface area contributed by atoms with Crippen molar-refractivity contribution >= 4 is 60.5 Å². The standard InChI is InChI=1S/C5H4.C3H4.26C2H6.10CH4.B4.B3.B/c1-3-5-4-2;1-3-2;26*1-2;;;;;;;;;;;1-4(2)3;1-3-2;/h1H,2H3;1H,2H3;26*1-2H3;10*1H4;;;. The minimum Gasteiger partial charge on any atom is -0.120 e. The highest BCUT2D eigenvalue weighted by atomic mass is 13.4. The van der Waals surface area contributed by atoms with Gasteiger partial charge in [0.15, 0.2) is 0 Å². The molecule has 0 aliphatic carbocycles. The monoisotopic (exact) mass is 1130 g/mol. The summed E-state index contributed by atoms with van der Waals surface area (Å²) >= 11 is 0. The van der Waals surface area contributed by atoms with Gasteiger partial charge in [0.05, 0.1) is 0 Å². The Morgan fingerprint density at radius 1 is 0.244 bits per heavy atom. The van der Waals surface area contributed by atoms with Gasteiger partial charge >= 0.3 is 0 Å². The van der Waals surface area contributed by atoms with Gasteiger partial charge < -0.3 is 0 Å². The van der Waals surface area contributed by atoms with Gasteiger partial charge in [-0.1, -0.05) is 440 Å². The third-order valence-corrected chi connectivity index (χ3v) is 0.197. The van der Waals surface area contributed by atoms with Crippen LogP contribution in [0, 0.1) is 36.5 Å². The first-order valence-corrected chi connectivity index (χ1v) is 29.7. The second-order valence-electron chi connectivity index (χ2n) is 1.58. The van der Waals surface area contributed by atoms with E-state index in [1.54, 1.807) is 13.8 Å². The summed E-state index contributed by atoms with van der Waals surface area (Å²) in [6.07, 6.45) is 8.65. The first kappa shape index (κ1) is 342. The molecule has 0 saturated heterocycles. The molecule has 0 aliphatic heterocycles. The van der Waals surface area contributed by atoms with Crippen molar-refractivity contribution in [3.8, 4) is 36.5 Å². The zero-order valence-electron chi connectivity index (χ0n) is 61.8. The van der Waals surface area contributed by atoms with E-state index < -0.39 is 6.39 Å². The Bertz CT molecular complexity index is 231. The number of hydrogen-bond donors (Lipinski definition) is 0. The molecule has 508 valence electrons. The van der Waals surface area contributed by atoms with Gasteiger partial charge in [0.25, 0.3) is 0 Å². The average molecular weight is 1130 g/mol. The van der Waals surface area contributed by atoms with E-state index in [1.807, 2.05) is 360 Å². The van der Waals surface area contributed by atoms with E-state index in [-0.39, 0.29) is 82.7 Å². The number of rotatable bonds is 0. The van der Waals surface area contributed by atoms with E-state index in [0.717, 1.165) is 7.06 Å². The summed E-state index contributed by atoms with van der Waals surface area (Å²) < 4.78 is 0. The fourth-order valence-corrected chi connectivity index (χ4v) is 0.0722. The van der Waals surface area contributed by atoms with Gasteiger partial charge in [0.2, 0.25) is 0 Å². The molecule has 0 aliphatic rings. The smallest absolute Gasteiger partial charge is 0 e. The third kappa shape index (κ3) is 288000. The maximum atomic E-state index is 4.72. The molecule has 78 heavy (non-hydrogen) atoms. The zero-order chi connectivity index (χ0) is 65.1. The Kier molecular flexibility index (Phi) is 36500. The Morgan fingerprint density at radius 3 is 0.282 bits per heavy atom. The molecule has 0 nitrogen and oxygen atoms in total. The number of terminal acetylenes is 2. The summed E-state index contributed by atoms with van der Waals surface area (Å²) in [6.45, 7) is 107. The average Bonchev–Trinajstić information content (AvgIpc) is 3.51. The van der Waals surface area contributed by atoms with Crippen molar-refractivity contribution in [2.45, 2.75) is 448 Å². The van der Waals surface area contributed by atoms with Crippen LogP contribution in [0.4, 0.5) is 0 Å². The van der Waals surface area contributed by atoms with E-state index >= 15 is 0 Å². The molecule has 0 aromatic carbocycles. The molecule has 14 radical (unpaired) electrons. The Labute approximate surface area is 542 Å². The van der Waals surface area contributed by atoms with Gasteiger partial charge in [0, 0.05) is 60.5 Å². The van der Waals surface area contributed by atoms with Crippen LogP contribution in [-0.2, 0) is 0 Å². The maximum Gasteiger partial charge on any atom is 0 e. The Morgan fingerprint density at radius 2 is 0.282 bits per heavy atom.